The SMILES string of the molecule is C(=C/C[n+]1ccn(Cc2ccccc2)c1)/Cn1cc[n+](Cc2ccccc2)c1. The fourth-order valence-electron chi connectivity index (χ4n) is 3.26. The van der Waals surface area contributed by atoms with Crippen molar-refractivity contribution in [1.29, 1.82) is 0 Å². The fraction of sp³-hybridized carbons (Fsp3) is 0.167. The monoisotopic (exact) mass is 370 g/mol. The number of rotatable bonds is 8. The van der Waals surface area contributed by atoms with Crippen LogP contribution >= 0.6 is 0 Å². The molecule has 2 heterocycles. The van der Waals surface area contributed by atoms with Crippen LogP contribution in [-0.4, -0.2) is 9.13 Å². The van der Waals surface area contributed by atoms with E-state index in [1.807, 2.05) is 0 Å². The summed E-state index contributed by atoms with van der Waals surface area (Å²) < 4.78 is 8.82. The summed E-state index contributed by atoms with van der Waals surface area (Å²) in [5.74, 6) is 0. The maximum absolute atomic E-state index is 2.22. The number of nitrogens with zero attached hydrogens (tertiary/aromatic N) is 4. The fourth-order valence-corrected chi connectivity index (χ4v) is 3.26. The zero-order valence-corrected chi connectivity index (χ0v) is 16.0. The van der Waals surface area contributed by atoms with E-state index in [0.717, 1.165) is 26.2 Å². The molecule has 0 aliphatic carbocycles. The molecule has 0 N–H and O–H groups in total. The number of benzene rings is 2. The van der Waals surface area contributed by atoms with Gasteiger partial charge in [0.15, 0.2) is 0 Å². The molecule has 0 aliphatic rings. The van der Waals surface area contributed by atoms with Gasteiger partial charge in [0.1, 0.15) is 51.0 Å². The van der Waals surface area contributed by atoms with Gasteiger partial charge in [-0.05, 0) is 23.3 Å². The van der Waals surface area contributed by atoms with Crippen molar-refractivity contribution in [3.05, 3.63) is 121 Å². The summed E-state index contributed by atoms with van der Waals surface area (Å²) in [4.78, 5) is 0. The first-order valence-corrected chi connectivity index (χ1v) is 9.68. The first kappa shape index (κ1) is 18.0. The molecule has 0 atom stereocenters. The Kier molecular flexibility index (Phi) is 5.78. The number of hydrogen-bond donors (Lipinski definition) is 0. The Balaban J connectivity index is 1.26. The summed E-state index contributed by atoms with van der Waals surface area (Å²) in [6.07, 6.45) is 17.2. The van der Waals surface area contributed by atoms with E-state index in [9.17, 15) is 0 Å². The molecule has 0 fully saturated rings. The van der Waals surface area contributed by atoms with Crippen molar-refractivity contribution in [2.24, 2.45) is 0 Å². The van der Waals surface area contributed by atoms with Crippen molar-refractivity contribution < 1.29 is 9.13 Å². The minimum atomic E-state index is 0.882. The summed E-state index contributed by atoms with van der Waals surface area (Å²) in [5, 5.41) is 0. The molecule has 2 aromatic carbocycles. The average Bonchev–Trinajstić information content (AvgIpc) is 3.36. The summed E-state index contributed by atoms with van der Waals surface area (Å²) in [5.41, 5.74) is 2.63. The first-order valence-electron chi connectivity index (χ1n) is 9.68. The van der Waals surface area contributed by atoms with Gasteiger partial charge in [-0.3, -0.25) is 0 Å². The molecule has 0 aliphatic heterocycles. The Bertz CT molecular complexity index is 929. The van der Waals surface area contributed by atoms with Crippen LogP contribution in [0.1, 0.15) is 11.1 Å². The number of hydrogen-bond acceptors (Lipinski definition) is 0. The zero-order chi connectivity index (χ0) is 19.0. The third-order valence-corrected chi connectivity index (χ3v) is 4.71. The standard InChI is InChI=1S/C24H26N4/c1-3-9-23(10-4-1)19-27-17-15-25(21-27)13-7-8-14-26-16-18-28(22-26)20-24-11-5-2-6-12-24/h1-12,15-18,21-22H,13-14,19-20H2/q+2/b8-7-. The molecular weight excluding hydrogens is 344 g/mol. The Labute approximate surface area is 166 Å². The van der Waals surface area contributed by atoms with Crippen molar-refractivity contribution in [3.8, 4) is 0 Å². The second-order valence-electron chi connectivity index (χ2n) is 7.01. The van der Waals surface area contributed by atoms with Crippen molar-refractivity contribution in [2.45, 2.75) is 26.2 Å². The molecule has 0 bridgehead atoms. The molecule has 0 saturated heterocycles. The number of allylic oxidation sites excluding steroid dienone is 2. The average molecular weight is 371 g/mol. The molecule has 4 aromatic rings. The molecule has 0 radical (unpaired) electrons. The lowest BCUT2D eigenvalue weighted by molar-refractivity contribution is -0.687. The molecule has 4 rings (SSSR count). The quantitative estimate of drug-likeness (QED) is 0.335. The van der Waals surface area contributed by atoms with E-state index in [1.165, 1.54) is 11.1 Å². The molecule has 2 aromatic heterocycles. The first-order chi connectivity index (χ1) is 13.8. The normalized spacial score (nSPS) is 11.3. The lowest BCUT2D eigenvalue weighted by atomic mass is 10.2. The predicted molar refractivity (Wildman–Crippen MR) is 109 cm³/mol. The van der Waals surface area contributed by atoms with Crippen LogP contribution in [0.15, 0.2) is 110 Å². The van der Waals surface area contributed by atoms with Crippen LogP contribution in [0, 0.1) is 0 Å². The third kappa shape index (κ3) is 5.07. The highest BCUT2D eigenvalue weighted by Gasteiger charge is 2.04. The molecule has 0 spiro atoms. The molecule has 28 heavy (non-hydrogen) atoms. The Hall–Kier alpha value is -3.40. The van der Waals surface area contributed by atoms with E-state index < -0.39 is 0 Å². The van der Waals surface area contributed by atoms with Gasteiger partial charge < -0.3 is 0 Å². The summed E-state index contributed by atoms with van der Waals surface area (Å²) in [6, 6.07) is 21.1. The topological polar surface area (TPSA) is 17.6 Å². The zero-order valence-electron chi connectivity index (χ0n) is 16.0. The van der Waals surface area contributed by atoms with Crippen LogP contribution < -0.4 is 9.13 Å². The van der Waals surface area contributed by atoms with E-state index in [-0.39, 0.29) is 0 Å². The lowest BCUT2D eigenvalue weighted by Crippen LogP contribution is -2.31. The lowest BCUT2D eigenvalue weighted by Gasteiger charge is -1.96. The molecule has 140 valence electrons. The van der Waals surface area contributed by atoms with Gasteiger partial charge in [0.2, 0.25) is 12.7 Å². The van der Waals surface area contributed by atoms with Gasteiger partial charge in [-0.25, -0.2) is 18.3 Å². The Morgan fingerprint density at radius 1 is 0.679 bits per heavy atom. The molecule has 4 heteroatoms. The van der Waals surface area contributed by atoms with E-state index in [4.69, 9.17) is 0 Å². The highest BCUT2D eigenvalue weighted by molar-refractivity contribution is 5.15. The second kappa shape index (κ2) is 9.00. The van der Waals surface area contributed by atoms with Gasteiger partial charge >= 0.3 is 0 Å². The van der Waals surface area contributed by atoms with E-state index in [2.05, 4.69) is 129 Å². The van der Waals surface area contributed by atoms with Crippen molar-refractivity contribution in [3.63, 3.8) is 0 Å². The Morgan fingerprint density at radius 2 is 1.32 bits per heavy atom. The van der Waals surface area contributed by atoms with E-state index in [0.29, 0.717) is 0 Å². The predicted octanol–water partition coefficient (Wildman–Crippen LogP) is 3.22. The maximum Gasteiger partial charge on any atom is 0.244 e. The molecule has 0 unspecified atom stereocenters. The van der Waals surface area contributed by atoms with Crippen molar-refractivity contribution in [1.82, 2.24) is 9.13 Å². The van der Waals surface area contributed by atoms with E-state index >= 15 is 0 Å². The van der Waals surface area contributed by atoms with Crippen molar-refractivity contribution >= 4 is 0 Å². The molecule has 0 amide bonds. The van der Waals surface area contributed by atoms with Crippen LogP contribution in [0.4, 0.5) is 0 Å². The smallest absolute Gasteiger partial charge is 0.233 e. The minimum absolute atomic E-state index is 0.882. The number of aromatic nitrogens is 4. The van der Waals surface area contributed by atoms with E-state index in [1.54, 1.807) is 0 Å². The maximum atomic E-state index is 2.22. The summed E-state index contributed by atoms with van der Waals surface area (Å²) >= 11 is 0. The largest absolute Gasteiger partial charge is 0.244 e. The van der Waals surface area contributed by atoms with Gasteiger partial charge in [0.05, 0.1) is 0 Å². The van der Waals surface area contributed by atoms with Gasteiger partial charge in [0.25, 0.3) is 0 Å². The molecular formula is C24H26N4+2. The van der Waals surface area contributed by atoms with Crippen LogP contribution in [0.25, 0.3) is 0 Å². The van der Waals surface area contributed by atoms with Gasteiger partial charge in [-0.15, -0.1) is 0 Å². The van der Waals surface area contributed by atoms with Gasteiger partial charge in [0, 0.05) is 0 Å². The summed E-state index contributed by atoms with van der Waals surface area (Å²) in [7, 11) is 0. The molecule has 4 nitrogen and oxygen atoms in total. The second-order valence-corrected chi connectivity index (χ2v) is 7.01. The third-order valence-electron chi connectivity index (χ3n) is 4.71. The minimum Gasteiger partial charge on any atom is -0.233 e. The van der Waals surface area contributed by atoms with Crippen LogP contribution in [0.3, 0.4) is 0 Å². The summed E-state index contributed by atoms with van der Waals surface area (Å²) in [6.45, 7) is 3.57. The van der Waals surface area contributed by atoms with Gasteiger partial charge in [-0.2, -0.15) is 0 Å². The van der Waals surface area contributed by atoms with Crippen LogP contribution in [0.5, 0.6) is 0 Å². The van der Waals surface area contributed by atoms with Crippen LogP contribution in [0.2, 0.25) is 0 Å². The highest BCUT2D eigenvalue weighted by atomic mass is 15.1. The highest BCUT2D eigenvalue weighted by Crippen LogP contribution is 2.01. The molecule has 0 saturated carbocycles. The Morgan fingerprint density at radius 3 is 2.11 bits per heavy atom. The van der Waals surface area contributed by atoms with Crippen LogP contribution in [-0.2, 0) is 26.2 Å². The van der Waals surface area contributed by atoms with Gasteiger partial charge in [-0.1, -0.05) is 60.7 Å². The van der Waals surface area contributed by atoms with Crippen molar-refractivity contribution in [2.75, 3.05) is 0 Å². The number of imidazole rings is 2.